The zero-order valence-corrected chi connectivity index (χ0v) is 22.5. The summed E-state index contributed by atoms with van der Waals surface area (Å²) in [7, 11) is 3.53. The standard InChI is InChI=1S/C26H42O4Si/c1-16(2)18-21(27-6)19-17(15-30-31(9,10)11)24-25(3,4)13-12-14-26(24,5)20(19)23(29-8)22(18)28-7/h15-16,24H,12-14H2,1-11H3/b17-15+/t24-,26+/m0/s1. The molecule has 0 heterocycles. The van der Waals surface area contributed by atoms with E-state index in [1.807, 2.05) is 0 Å². The summed E-state index contributed by atoms with van der Waals surface area (Å²) in [5, 5.41) is 0. The van der Waals surface area contributed by atoms with E-state index in [2.05, 4.69) is 60.5 Å². The lowest BCUT2D eigenvalue weighted by molar-refractivity contribution is 0.105. The van der Waals surface area contributed by atoms with Crippen molar-refractivity contribution in [1.29, 1.82) is 0 Å². The molecule has 1 aromatic rings. The molecule has 1 aromatic carbocycles. The number of rotatable bonds is 6. The monoisotopic (exact) mass is 446 g/mol. The van der Waals surface area contributed by atoms with Crippen LogP contribution in [0, 0.1) is 11.3 Å². The molecule has 3 rings (SSSR count). The lowest BCUT2D eigenvalue weighted by Gasteiger charge is -2.48. The Morgan fingerprint density at radius 1 is 0.903 bits per heavy atom. The Morgan fingerprint density at radius 2 is 1.48 bits per heavy atom. The van der Waals surface area contributed by atoms with Gasteiger partial charge >= 0.3 is 0 Å². The van der Waals surface area contributed by atoms with Gasteiger partial charge in [0.2, 0.25) is 8.32 Å². The number of hydrogen-bond acceptors (Lipinski definition) is 4. The Hall–Kier alpha value is -1.62. The smallest absolute Gasteiger partial charge is 0.241 e. The fourth-order valence-electron chi connectivity index (χ4n) is 6.26. The maximum Gasteiger partial charge on any atom is 0.241 e. The lowest BCUT2D eigenvalue weighted by atomic mass is 9.56. The molecule has 2 aliphatic rings. The van der Waals surface area contributed by atoms with Gasteiger partial charge in [0, 0.05) is 33.6 Å². The summed E-state index contributed by atoms with van der Waals surface area (Å²) in [6, 6.07) is 0. The Morgan fingerprint density at radius 3 is 1.97 bits per heavy atom. The fraction of sp³-hybridized carbons (Fsp3) is 0.692. The first-order chi connectivity index (χ1) is 14.3. The van der Waals surface area contributed by atoms with Crippen LogP contribution in [0.2, 0.25) is 19.6 Å². The normalized spacial score (nSPS) is 25.9. The van der Waals surface area contributed by atoms with Crippen LogP contribution < -0.4 is 14.2 Å². The number of methoxy groups -OCH3 is 3. The third-order valence-corrected chi connectivity index (χ3v) is 8.06. The molecule has 0 spiro atoms. The van der Waals surface area contributed by atoms with Crippen molar-refractivity contribution in [3.8, 4) is 17.2 Å². The van der Waals surface area contributed by atoms with Gasteiger partial charge in [0.05, 0.1) is 27.6 Å². The van der Waals surface area contributed by atoms with Gasteiger partial charge in [-0.3, -0.25) is 0 Å². The average molecular weight is 447 g/mol. The number of hydrogen-bond donors (Lipinski definition) is 0. The van der Waals surface area contributed by atoms with E-state index in [0.717, 1.165) is 29.2 Å². The Kier molecular flexibility index (Phi) is 6.25. The Balaban J connectivity index is 2.49. The maximum absolute atomic E-state index is 6.44. The first-order valence-electron chi connectivity index (χ1n) is 11.6. The summed E-state index contributed by atoms with van der Waals surface area (Å²) in [5.41, 5.74) is 4.82. The predicted octanol–water partition coefficient (Wildman–Crippen LogP) is 7.13. The van der Waals surface area contributed by atoms with Crippen LogP contribution in [-0.2, 0) is 9.84 Å². The maximum atomic E-state index is 6.44. The van der Waals surface area contributed by atoms with Crippen LogP contribution in [0.3, 0.4) is 0 Å². The minimum atomic E-state index is -1.75. The molecule has 0 aromatic heterocycles. The zero-order valence-electron chi connectivity index (χ0n) is 21.5. The molecular formula is C26H42O4Si. The topological polar surface area (TPSA) is 36.9 Å². The first kappa shape index (κ1) is 24.0. The number of fused-ring (bicyclic) bond motifs is 3. The fourth-order valence-corrected chi connectivity index (χ4v) is 6.74. The molecule has 0 radical (unpaired) electrons. The number of ether oxygens (including phenoxy) is 3. The van der Waals surface area contributed by atoms with Crippen molar-refractivity contribution in [2.45, 2.75) is 84.9 Å². The van der Waals surface area contributed by atoms with Gasteiger partial charge in [-0.2, -0.15) is 0 Å². The molecule has 1 fully saturated rings. The molecular weight excluding hydrogens is 404 g/mol. The van der Waals surface area contributed by atoms with Crippen molar-refractivity contribution in [2.24, 2.45) is 11.3 Å². The summed E-state index contributed by atoms with van der Waals surface area (Å²) in [6.07, 6.45) is 5.58. The molecule has 5 heteroatoms. The van der Waals surface area contributed by atoms with Crippen LogP contribution in [0.1, 0.15) is 76.5 Å². The van der Waals surface area contributed by atoms with Crippen LogP contribution in [0.15, 0.2) is 6.26 Å². The molecule has 0 aliphatic heterocycles. The molecule has 174 valence electrons. The predicted molar refractivity (Wildman–Crippen MR) is 131 cm³/mol. The quantitative estimate of drug-likeness (QED) is 0.344. The number of benzene rings is 1. The third-order valence-electron chi connectivity index (χ3n) is 7.24. The highest BCUT2D eigenvalue weighted by Crippen LogP contribution is 2.68. The highest BCUT2D eigenvalue weighted by Gasteiger charge is 2.58. The summed E-state index contributed by atoms with van der Waals surface area (Å²) < 4.78 is 24.7. The first-order valence-corrected chi connectivity index (χ1v) is 15.0. The second-order valence-corrected chi connectivity index (χ2v) is 15.9. The molecule has 1 saturated carbocycles. The molecule has 2 aliphatic carbocycles. The molecule has 0 saturated heterocycles. The molecule has 31 heavy (non-hydrogen) atoms. The highest BCUT2D eigenvalue weighted by atomic mass is 28.4. The summed E-state index contributed by atoms with van der Waals surface area (Å²) in [4.78, 5) is 0. The Labute approximate surface area is 190 Å². The van der Waals surface area contributed by atoms with Gasteiger partial charge in [0.25, 0.3) is 0 Å². The van der Waals surface area contributed by atoms with Gasteiger partial charge in [-0.25, -0.2) is 0 Å². The largest absolute Gasteiger partial charge is 0.549 e. The molecule has 0 N–H and O–H groups in total. The zero-order chi connectivity index (χ0) is 23.4. The van der Waals surface area contributed by atoms with Crippen LogP contribution >= 0.6 is 0 Å². The van der Waals surface area contributed by atoms with Gasteiger partial charge in [0.15, 0.2) is 11.5 Å². The minimum absolute atomic E-state index is 0.0624. The van der Waals surface area contributed by atoms with E-state index in [1.54, 1.807) is 21.3 Å². The summed E-state index contributed by atoms with van der Waals surface area (Å²) >= 11 is 0. The molecule has 2 atom stereocenters. The second kappa shape index (κ2) is 8.06. The second-order valence-electron chi connectivity index (χ2n) is 11.4. The van der Waals surface area contributed by atoms with Crippen LogP contribution in [0.4, 0.5) is 0 Å². The minimum Gasteiger partial charge on any atom is -0.549 e. The van der Waals surface area contributed by atoms with Gasteiger partial charge in [-0.15, -0.1) is 0 Å². The van der Waals surface area contributed by atoms with Gasteiger partial charge in [0.1, 0.15) is 5.75 Å². The van der Waals surface area contributed by atoms with Gasteiger partial charge < -0.3 is 18.6 Å². The van der Waals surface area contributed by atoms with E-state index in [9.17, 15) is 0 Å². The van der Waals surface area contributed by atoms with Crippen LogP contribution in [0.25, 0.3) is 5.57 Å². The van der Waals surface area contributed by atoms with E-state index in [4.69, 9.17) is 18.6 Å². The molecule has 0 amide bonds. The molecule has 0 bridgehead atoms. The summed E-state index contributed by atoms with van der Waals surface area (Å²) in [6.45, 7) is 18.3. The van der Waals surface area contributed by atoms with Crippen LogP contribution in [-0.4, -0.2) is 29.6 Å². The molecule has 0 unspecified atom stereocenters. The SMILES string of the molecule is COc1c(OC)c2c(c(OC)c1C(C)C)/C(=C\O[Si](C)(C)C)[C@H]1C(C)(C)CCC[C@]21C. The van der Waals surface area contributed by atoms with Crippen molar-refractivity contribution in [2.75, 3.05) is 21.3 Å². The Bertz CT molecular complexity index is 879. The molecule has 4 nitrogen and oxygen atoms in total. The third kappa shape index (κ3) is 3.77. The van der Waals surface area contributed by atoms with Crippen molar-refractivity contribution >= 4 is 13.9 Å². The van der Waals surface area contributed by atoms with Gasteiger partial charge in [-0.05, 0) is 43.8 Å². The van der Waals surface area contributed by atoms with E-state index >= 15 is 0 Å². The van der Waals surface area contributed by atoms with Crippen molar-refractivity contribution in [3.63, 3.8) is 0 Å². The van der Waals surface area contributed by atoms with Crippen LogP contribution in [0.5, 0.6) is 17.2 Å². The van der Waals surface area contributed by atoms with E-state index in [1.165, 1.54) is 29.5 Å². The van der Waals surface area contributed by atoms with E-state index in [-0.39, 0.29) is 16.7 Å². The van der Waals surface area contributed by atoms with Crippen molar-refractivity contribution < 1.29 is 18.6 Å². The van der Waals surface area contributed by atoms with E-state index in [0.29, 0.717) is 5.92 Å². The van der Waals surface area contributed by atoms with E-state index < -0.39 is 8.32 Å². The van der Waals surface area contributed by atoms with Gasteiger partial charge in [-0.1, -0.05) is 41.0 Å². The highest BCUT2D eigenvalue weighted by molar-refractivity contribution is 6.69. The lowest BCUT2D eigenvalue weighted by Crippen LogP contribution is -2.42. The average Bonchev–Trinajstić information content (AvgIpc) is 2.93. The van der Waals surface area contributed by atoms with Crippen molar-refractivity contribution in [3.05, 3.63) is 23.0 Å². The van der Waals surface area contributed by atoms with Crippen molar-refractivity contribution in [1.82, 2.24) is 0 Å². The number of allylic oxidation sites excluding steroid dienone is 1. The summed E-state index contributed by atoms with van der Waals surface area (Å²) in [5.74, 6) is 3.15.